The molecule has 1 aromatic rings. The molecular weight excluding hydrogens is 314 g/mol. The van der Waals surface area contributed by atoms with Gasteiger partial charge < -0.3 is 10.6 Å². The van der Waals surface area contributed by atoms with Crippen LogP contribution in [0.5, 0.6) is 0 Å². The molecule has 0 bridgehead atoms. The monoisotopic (exact) mass is 341 g/mol. The molecule has 1 amide bonds. The van der Waals surface area contributed by atoms with Crippen molar-refractivity contribution < 1.29 is 13.2 Å². The van der Waals surface area contributed by atoms with Gasteiger partial charge in [-0.05, 0) is 52.4 Å². The highest BCUT2D eigenvalue weighted by Crippen LogP contribution is 2.11. The van der Waals surface area contributed by atoms with E-state index in [4.69, 9.17) is 0 Å². The fraction of sp³-hybridized carbons (Fsp3) is 0.562. The first-order valence-electron chi connectivity index (χ1n) is 7.58. The third-order valence-electron chi connectivity index (χ3n) is 3.07. The zero-order valence-corrected chi connectivity index (χ0v) is 15.3. The van der Waals surface area contributed by atoms with Gasteiger partial charge in [-0.1, -0.05) is 12.1 Å². The van der Waals surface area contributed by atoms with Crippen LogP contribution in [0.2, 0.25) is 0 Å². The third-order valence-corrected chi connectivity index (χ3v) is 4.71. The SMILES string of the molecule is CNC(C)CNC(=O)c1cccc(CS(=O)(=O)NC(C)(C)C)c1. The highest BCUT2D eigenvalue weighted by Gasteiger charge is 2.20. The Morgan fingerprint density at radius 1 is 1.26 bits per heavy atom. The molecular formula is C16H27N3O3S. The lowest BCUT2D eigenvalue weighted by Gasteiger charge is -2.20. The topological polar surface area (TPSA) is 87.3 Å². The maximum atomic E-state index is 12.1. The summed E-state index contributed by atoms with van der Waals surface area (Å²) in [4.78, 5) is 12.1. The lowest BCUT2D eigenvalue weighted by molar-refractivity contribution is 0.0950. The molecule has 0 fully saturated rings. The van der Waals surface area contributed by atoms with Crippen molar-refractivity contribution in [1.29, 1.82) is 0 Å². The molecule has 1 atom stereocenters. The Morgan fingerprint density at radius 3 is 2.48 bits per heavy atom. The highest BCUT2D eigenvalue weighted by atomic mass is 32.2. The summed E-state index contributed by atoms with van der Waals surface area (Å²) in [5.41, 5.74) is 0.504. The molecule has 0 spiro atoms. The molecule has 0 aromatic heterocycles. The van der Waals surface area contributed by atoms with Crippen LogP contribution in [0, 0.1) is 0 Å². The zero-order valence-electron chi connectivity index (χ0n) is 14.4. The first-order valence-corrected chi connectivity index (χ1v) is 9.24. The van der Waals surface area contributed by atoms with Crippen LogP contribution < -0.4 is 15.4 Å². The van der Waals surface area contributed by atoms with Gasteiger partial charge in [-0.25, -0.2) is 13.1 Å². The van der Waals surface area contributed by atoms with Gasteiger partial charge in [0.15, 0.2) is 0 Å². The molecule has 1 rings (SSSR count). The smallest absolute Gasteiger partial charge is 0.251 e. The summed E-state index contributed by atoms with van der Waals surface area (Å²) in [5.74, 6) is -0.367. The van der Waals surface area contributed by atoms with Gasteiger partial charge in [0.05, 0.1) is 5.75 Å². The Balaban J connectivity index is 2.79. The van der Waals surface area contributed by atoms with Crippen LogP contribution in [-0.4, -0.2) is 39.5 Å². The molecule has 1 aromatic carbocycles. The molecule has 3 N–H and O–H groups in total. The molecule has 0 aliphatic heterocycles. The summed E-state index contributed by atoms with van der Waals surface area (Å²) in [6, 6.07) is 6.85. The van der Waals surface area contributed by atoms with E-state index in [-0.39, 0.29) is 17.7 Å². The van der Waals surface area contributed by atoms with Gasteiger partial charge in [0.25, 0.3) is 5.91 Å². The molecule has 0 saturated carbocycles. The highest BCUT2D eigenvalue weighted by molar-refractivity contribution is 7.88. The summed E-state index contributed by atoms with van der Waals surface area (Å²) < 4.78 is 26.9. The first-order chi connectivity index (χ1) is 10.5. The van der Waals surface area contributed by atoms with Crippen molar-refractivity contribution in [3.05, 3.63) is 35.4 Å². The summed E-state index contributed by atoms with van der Waals surface area (Å²) in [5, 5.41) is 5.85. The van der Waals surface area contributed by atoms with Crippen LogP contribution in [-0.2, 0) is 15.8 Å². The van der Waals surface area contributed by atoms with Gasteiger partial charge in [-0.15, -0.1) is 0 Å². The van der Waals surface area contributed by atoms with Crippen LogP contribution in [0.25, 0.3) is 0 Å². The number of carbonyl (C=O) groups is 1. The van der Waals surface area contributed by atoms with Crippen molar-refractivity contribution in [2.45, 2.75) is 45.0 Å². The second kappa shape index (κ2) is 7.90. The van der Waals surface area contributed by atoms with Crippen LogP contribution in [0.4, 0.5) is 0 Å². The largest absolute Gasteiger partial charge is 0.350 e. The molecule has 130 valence electrons. The summed E-state index contributed by atoms with van der Waals surface area (Å²) in [7, 11) is -1.63. The summed E-state index contributed by atoms with van der Waals surface area (Å²) in [6.07, 6.45) is 0. The first kappa shape index (κ1) is 19.6. The minimum atomic E-state index is -3.46. The van der Waals surface area contributed by atoms with E-state index < -0.39 is 15.6 Å². The van der Waals surface area contributed by atoms with E-state index in [9.17, 15) is 13.2 Å². The second-order valence-electron chi connectivity index (χ2n) is 6.71. The van der Waals surface area contributed by atoms with Crippen molar-refractivity contribution in [3.63, 3.8) is 0 Å². The minimum absolute atomic E-state index is 0.154. The fourth-order valence-electron chi connectivity index (χ4n) is 1.97. The quantitative estimate of drug-likeness (QED) is 0.696. The molecule has 0 radical (unpaired) electrons. The second-order valence-corrected chi connectivity index (χ2v) is 8.43. The average Bonchev–Trinajstić information content (AvgIpc) is 2.41. The minimum Gasteiger partial charge on any atom is -0.350 e. The number of carbonyl (C=O) groups excluding carboxylic acids is 1. The maximum absolute atomic E-state index is 12.1. The van der Waals surface area contributed by atoms with Gasteiger partial charge in [0.2, 0.25) is 10.0 Å². The molecule has 0 heterocycles. The van der Waals surface area contributed by atoms with E-state index >= 15 is 0 Å². The zero-order chi connectivity index (χ0) is 17.7. The number of hydrogen-bond acceptors (Lipinski definition) is 4. The Labute approximate surface area is 139 Å². The van der Waals surface area contributed by atoms with Crippen molar-refractivity contribution >= 4 is 15.9 Å². The molecule has 0 saturated heterocycles. The van der Waals surface area contributed by atoms with E-state index in [2.05, 4.69) is 15.4 Å². The number of sulfonamides is 1. The average molecular weight is 341 g/mol. The van der Waals surface area contributed by atoms with E-state index in [1.54, 1.807) is 45.0 Å². The standard InChI is InChI=1S/C16H27N3O3S/c1-12(17-5)10-18-15(20)14-8-6-7-13(9-14)11-23(21,22)19-16(2,3)4/h6-9,12,17,19H,10-11H2,1-5H3,(H,18,20). The van der Waals surface area contributed by atoms with Gasteiger partial charge in [0, 0.05) is 23.7 Å². The third kappa shape index (κ3) is 7.58. The Morgan fingerprint density at radius 2 is 1.91 bits per heavy atom. The molecule has 23 heavy (non-hydrogen) atoms. The summed E-state index contributed by atoms with van der Waals surface area (Å²) >= 11 is 0. The molecule has 0 aliphatic carbocycles. The number of nitrogens with one attached hydrogen (secondary N) is 3. The van der Waals surface area contributed by atoms with Crippen LogP contribution in [0.15, 0.2) is 24.3 Å². The van der Waals surface area contributed by atoms with E-state index in [1.165, 1.54) is 0 Å². The van der Waals surface area contributed by atoms with Gasteiger partial charge >= 0.3 is 0 Å². The van der Waals surface area contributed by atoms with Crippen molar-refractivity contribution in [2.75, 3.05) is 13.6 Å². The number of amides is 1. The maximum Gasteiger partial charge on any atom is 0.251 e. The fourth-order valence-corrected chi connectivity index (χ4v) is 3.60. The molecule has 7 heteroatoms. The molecule has 0 aliphatic rings. The predicted octanol–water partition coefficient (Wildman–Crippen LogP) is 1.24. The lowest BCUT2D eigenvalue weighted by atomic mass is 10.1. The summed E-state index contributed by atoms with van der Waals surface area (Å²) in [6.45, 7) is 7.83. The van der Waals surface area contributed by atoms with Gasteiger partial charge in [-0.3, -0.25) is 4.79 Å². The predicted molar refractivity (Wildman–Crippen MR) is 92.8 cm³/mol. The van der Waals surface area contributed by atoms with Gasteiger partial charge in [-0.2, -0.15) is 0 Å². The molecule has 6 nitrogen and oxygen atoms in total. The van der Waals surface area contributed by atoms with Crippen molar-refractivity contribution in [1.82, 2.24) is 15.4 Å². The molecule has 1 unspecified atom stereocenters. The number of benzene rings is 1. The lowest BCUT2D eigenvalue weighted by Crippen LogP contribution is -2.41. The number of rotatable bonds is 7. The van der Waals surface area contributed by atoms with Crippen molar-refractivity contribution in [2.24, 2.45) is 0 Å². The number of likely N-dealkylation sites (N-methyl/N-ethyl adjacent to an activating group) is 1. The number of hydrogen-bond donors (Lipinski definition) is 3. The van der Waals surface area contributed by atoms with Crippen LogP contribution in [0.3, 0.4) is 0 Å². The van der Waals surface area contributed by atoms with Crippen LogP contribution in [0.1, 0.15) is 43.6 Å². The Kier molecular flexibility index (Phi) is 6.73. The van der Waals surface area contributed by atoms with Crippen molar-refractivity contribution in [3.8, 4) is 0 Å². The van der Waals surface area contributed by atoms with E-state index in [0.29, 0.717) is 17.7 Å². The van der Waals surface area contributed by atoms with Gasteiger partial charge in [0.1, 0.15) is 0 Å². The normalized spacial score (nSPS) is 13.6. The van der Waals surface area contributed by atoms with Crippen LogP contribution >= 0.6 is 0 Å². The van der Waals surface area contributed by atoms with E-state index in [0.717, 1.165) is 0 Å². The van der Waals surface area contributed by atoms with E-state index in [1.807, 2.05) is 14.0 Å². The Bertz CT molecular complexity index is 636. The Hall–Kier alpha value is -1.44.